The zero-order valence-corrected chi connectivity index (χ0v) is 15.0. The van der Waals surface area contributed by atoms with Crippen molar-refractivity contribution in [3.8, 4) is 5.82 Å². The lowest BCUT2D eigenvalue weighted by Crippen LogP contribution is -2.35. The van der Waals surface area contributed by atoms with Gasteiger partial charge in [-0.2, -0.15) is 5.10 Å². The molecule has 0 atom stereocenters. The van der Waals surface area contributed by atoms with Gasteiger partial charge in [0.05, 0.1) is 5.69 Å². The molecule has 1 aliphatic rings. The number of hydrogen-bond donors (Lipinski definition) is 0. The second kappa shape index (κ2) is 6.81. The summed E-state index contributed by atoms with van der Waals surface area (Å²) in [7, 11) is 0. The topological polar surface area (TPSA) is 72.6 Å². The summed E-state index contributed by atoms with van der Waals surface area (Å²) in [6, 6.07) is 0.569. The Bertz CT molecular complexity index is 882. The van der Waals surface area contributed by atoms with Crippen LogP contribution >= 0.6 is 11.3 Å². The molecule has 128 valence electrons. The summed E-state index contributed by atoms with van der Waals surface area (Å²) in [4.78, 5) is 21.3. The van der Waals surface area contributed by atoms with Crippen LogP contribution < -0.4 is 0 Å². The largest absolute Gasteiger partial charge is 0.295 e. The van der Waals surface area contributed by atoms with Gasteiger partial charge in [0.25, 0.3) is 0 Å². The first kappa shape index (κ1) is 16.0. The first-order chi connectivity index (χ1) is 12.2. The maximum atomic E-state index is 4.77. The highest BCUT2D eigenvalue weighted by Gasteiger charge is 2.21. The van der Waals surface area contributed by atoms with Crippen LogP contribution in [0.3, 0.4) is 0 Å². The van der Waals surface area contributed by atoms with E-state index in [1.807, 2.05) is 12.2 Å². The Hall–Kier alpha value is -2.45. The van der Waals surface area contributed by atoms with Gasteiger partial charge in [-0.3, -0.25) is 9.88 Å². The third-order valence-corrected chi connectivity index (χ3v) is 5.28. The minimum absolute atomic E-state index is 0.569. The zero-order chi connectivity index (χ0) is 17.2. The van der Waals surface area contributed by atoms with E-state index in [9.17, 15) is 0 Å². The highest BCUT2D eigenvalue weighted by molar-refractivity contribution is 7.12. The molecule has 7 nitrogen and oxygen atoms in total. The fraction of sp³-hybridized carbons (Fsp3) is 0.353. The Balaban J connectivity index is 1.58. The summed E-state index contributed by atoms with van der Waals surface area (Å²) in [6.45, 7) is 6.56. The summed E-state index contributed by atoms with van der Waals surface area (Å²) < 4.78 is 1.61. The quantitative estimate of drug-likeness (QED) is 0.717. The molecule has 0 aliphatic carbocycles. The predicted octanol–water partition coefficient (Wildman–Crippen LogP) is 2.45. The van der Waals surface area contributed by atoms with Gasteiger partial charge in [-0.1, -0.05) is 0 Å². The van der Waals surface area contributed by atoms with Gasteiger partial charge in [-0.15, -0.1) is 11.3 Å². The molecule has 0 unspecified atom stereocenters. The van der Waals surface area contributed by atoms with Gasteiger partial charge in [-0.05, 0) is 26.0 Å². The Morgan fingerprint density at radius 1 is 1.20 bits per heavy atom. The lowest BCUT2D eigenvalue weighted by molar-refractivity contribution is 0.205. The van der Waals surface area contributed by atoms with Gasteiger partial charge in [-0.25, -0.2) is 19.6 Å². The van der Waals surface area contributed by atoms with Crippen molar-refractivity contribution in [3.05, 3.63) is 46.3 Å². The fourth-order valence-electron chi connectivity index (χ4n) is 2.85. The summed E-state index contributed by atoms with van der Waals surface area (Å²) >= 11 is 1.76. The Kier molecular flexibility index (Phi) is 4.37. The van der Waals surface area contributed by atoms with Gasteiger partial charge in [0.1, 0.15) is 23.4 Å². The number of rotatable bonds is 4. The lowest BCUT2D eigenvalue weighted by atomic mass is 10.1. The SMILES string of the molecule is CC(C)N1CCc2nc(/C=C/c3nccnc3-n3cncn3)sc2C1. The van der Waals surface area contributed by atoms with E-state index in [4.69, 9.17) is 4.98 Å². The van der Waals surface area contributed by atoms with Gasteiger partial charge in [0, 0.05) is 42.8 Å². The van der Waals surface area contributed by atoms with Crippen molar-refractivity contribution in [2.75, 3.05) is 6.54 Å². The number of aromatic nitrogens is 6. The third-order valence-electron chi connectivity index (χ3n) is 4.23. The Morgan fingerprint density at radius 2 is 2.08 bits per heavy atom. The van der Waals surface area contributed by atoms with E-state index in [0.717, 1.165) is 30.2 Å². The highest BCUT2D eigenvalue weighted by Crippen LogP contribution is 2.27. The van der Waals surface area contributed by atoms with Crippen LogP contribution in [0.5, 0.6) is 0 Å². The van der Waals surface area contributed by atoms with Crippen molar-refractivity contribution >= 4 is 23.5 Å². The molecule has 3 aromatic rings. The van der Waals surface area contributed by atoms with Crippen molar-refractivity contribution in [2.24, 2.45) is 0 Å². The average Bonchev–Trinajstić information content (AvgIpc) is 3.28. The predicted molar refractivity (Wildman–Crippen MR) is 97.2 cm³/mol. The van der Waals surface area contributed by atoms with Crippen molar-refractivity contribution in [3.63, 3.8) is 0 Å². The average molecular weight is 353 g/mol. The minimum atomic E-state index is 0.569. The molecular formula is C17H19N7S. The van der Waals surface area contributed by atoms with E-state index in [0.29, 0.717) is 11.9 Å². The molecule has 0 saturated carbocycles. The molecule has 0 spiro atoms. The van der Waals surface area contributed by atoms with Crippen LogP contribution in [0.2, 0.25) is 0 Å². The lowest BCUT2D eigenvalue weighted by Gasteiger charge is -2.29. The minimum Gasteiger partial charge on any atom is -0.295 e. The summed E-state index contributed by atoms with van der Waals surface area (Å²) in [5.74, 6) is 0.656. The van der Waals surface area contributed by atoms with E-state index in [1.54, 1.807) is 34.7 Å². The van der Waals surface area contributed by atoms with Gasteiger partial charge >= 0.3 is 0 Å². The van der Waals surface area contributed by atoms with Crippen LogP contribution in [0, 0.1) is 0 Å². The van der Waals surface area contributed by atoms with E-state index in [-0.39, 0.29) is 0 Å². The van der Waals surface area contributed by atoms with Gasteiger partial charge in [0.15, 0.2) is 5.82 Å². The van der Waals surface area contributed by atoms with Crippen molar-refractivity contribution in [1.29, 1.82) is 0 Å². The second-order valence-electron chi connectivity index (χ2n) is 6.17. The second-order valence-corrected chi connectivity index (χ2v) is 7.29. The molecule has 0 saturated heterocycles. The molecule has 1 aliphatic heterocycles. The number of hydrogen-bond acceptors (Lipinski definition) is 7. The van der Waals surface area contributed by atoms with E-state index < -0.39 is 0 Å². The molecule has 0 aromatic carbocycles. The van der Waals surface area contributed by atoms with E-state index >= 15 is 0 Å². The van der Waals surface area contributed by atoms with E-state index in [2.05, 4.69) is 38.8 Å². The molecule has 0 radical (unpaired) electrons. The maximum Gasteiger partial charge on any atom is 0.181 e. The standard InChI is InChI=1S/C17H19N7S/c1-12(2)23-8-5-13-15(9-23)25-16(22-13)4-3-14-17(20-7-6-19-14)24-11-18-10-21-24/h3-4,6-7,10-12H,5,8-9H2,1-2H3/b4-3+. The van der Waals surface area contributed by atoms with Crippen LogP contribution in [0.25, 0.3) is 18.0 Å². The van der Waals surface area contributed by atoms with Crippen molar-refractivity contribution in [1.82, 2.24) is 34.6 Å². The monoisotopic (exact) mass is 353 g/mol. The molecular weight excluding hydrogens is 334 g/mol. The summed E-state index contributed by atoms with van der Waals surface area (Å²) in [5.41, 5.74) is 1.97. The first-order valence-electron chi connectivity index (χ1n) is 8.27. The van der Waals surface area contributed by atoms with Crippen LogP contribution in [0.15, 0.2) is 25.0 Å². The van der Waals surface area contributed by atoms with Crippen molar-refractivity contribution in [2.45, 2.75) is 32.9 Å². The smallest absolute Gasteiger partial charge is 0.181 e. The molecule has 4 rings (SSSR count). The normalized spacial score (nSPS) is 15.2. The van der Waals surface area contributed by atoms with Crippen LogP contribution in [0.4, 0.5) is 0 Å². The Labute approximate surface area is 150 Å². The van der Waals surface area contributed by atoms with Crippen molar-refractivity contribution < 1.29 is 0 Å². The molecule has 0 N–H and O–H groups in total. The van der Waals surface area contributed by atoms with Crippen LogP contribution in [-0.2, 0) is 13.0 Å². The molecule has 25 heavy (non-hydrogen) atoms. The van der Waals surface area contributed by atoms with E-state index in [1.165, 1.54) is 16.9 Å². The summed E-state index contributed by atoms with van der Waals surface area (Å²) in [6.07, 6.45) is 11.4. The van der Waals surface area contributed by atoms with Crippen LogP contribution in [-0.4, -0.2) is 47.2 Å². The molecule has 8 heteroatoms. The molecule has 0 amide bonds. The first-order valence-corrected chi connectivity index (χ1v) is 9.09. The molecule has 4 heterocycles. The maximum absolute atomic E-state index is 4.77. The zero-order valence-electron chi connectivity index (χ0n) is 14.2. The van der Waals surface area contributed by atoms with Crippen LogP contribution in [0.1, 0.15) is 35.1 Å². The number of thiazole rings is 1. The molecule has 0 bridgehead atoms. The van der Waals surface area contributed by atoms with Gasteiger partial charge < -0.3 is 0 Å². The Morgan fingerprint density at radius 3 is 2.88 bits per heavy atom. The number of nitrogens with zero attached hydrogens (tertiary/aromatic N) is 7. The fourth-order valence-corrected chi connectivity index (χ4v) is 3.89. The number of fused-ring (bicyclic) bond motifs is 1. The molecule has 0 fully saturated rings. The highest BCUT2D eigenvalue weighted by atomic mass is 32.1. The van der Waals surface area contributed by atoms with Gasteiger partial charge in [0.2, 0.25) is 0 Å². The summed E-state index contributed by atoms with van der Waals surface area (Å²) in [5, 5.41) is 5.14. The third kappa shape index (κ3) is 3.35. The molecule has 3 aromatic heterocycles.